The van der Waals surface area contributed by atoms with Crippen molar-refractivity contribution in [1.29, 1.82) is 0 Å². The Bertz CT molecular complexity index is 160. The first kappa shape index (κ1) is 15.0. The molecule has 1 N–H and O–H groups in total. The van der Waals surface area contributed by atoms with Gasteiger partial charge in [0.1, 0.15) is 0 Å². The normalized spacial score (nSPS) is 18.7. The summed E-state index contributed by atoms with van der Waals surface area (Å²) in [6.45, 7) is 10.9. The molecule has 0 spiro atoms. The number of likely N-dealkylation sites (tertiary alicyclic amines) is 1. The van der Waals surface area contributed by atoms with Gasteiger partial charge in [0.15, 0.2) is 0 Å². The van der Waals surface area contributed by atoms with E-state index in [0.29, 0.717) is 0 Å². The first-order valence-electron chi connectivity index (χ1n) is 7.79. The molecule has 1 aliphatic rings. The third-order valence-electron chi connectivity index (χ3n) is 3.97. The van der Waals surface area contributed by atoms with E-state index in [0.717, 1.165) is 12.5 Å². The summed E-state index contributed by atoms with van der Waals surface area (Å²) in [6.07, 6.45) is 9.88. The van der Waals surface area contributed by atoms with Gasteiger partial charge >= 0.3 is 0 Å². The Kier molecular flexibility index (Phi) is 8.72. The maximum Gasteiger partial charge on any atom is -0.00156 e. The first-order chi connectivity index (χ1) is 8.36. The lowest BCUT2D eigenvalue weighted by Crippen LogP contribution is -2.37. The molecule has 2 nitrogen and oxygen atoms in total. The molecule has 0 radical (unpaired) electrons. The number of hydrogen-bond donors (Lipinski definition) is 1. The SMILES string of the molecule is CCCCCCCN1CCC(CNCC)CC1. The van der Waals surface area contributed by atoms with Crippen LogP contribution in [0.3, 0.4) is 0 Å². The molecular formula is C15H32N2. The monoisotopic (exact) mass is 240 g/mol. The molecule has 17 heavy (non-hydrogen) atoms. The lowest BCUT2D eigenvalue weighted by Gasteiger charge is -2.32. The van der Waals surface area contributed by atoms with Crippen molar-refractivity contribution in [3.8, 4) is 0 Å². The molecule has 0 atom stereocenters. The number of rotatable bonds is 9. The van der Waals surface area contributed by atoms with Crippen LogP contribution < -0.4 is 5.32 Å². The zero-order chi connectivity index (χ0) is 12.3. The largest absolute Gasteiger partial charge is 0.317 e. The van der Waals surface area contributed by atoms with E-state index in [-0.39, 0.29) is 0 Å². The summed E-state index contributed by atoms with van der Waals surface area (Å²) in [5.74, 6) is 0.936. The first-order valence-corrected chi connectivity index (χ1v) is 7.79. The molecule has 0 amide bonds. The molecule has 0 saturated carbocycles. The van der Waals surface area contributed by atoms with Gasteiger partial charge in [-0.2, -0.15) is 0 Å². The van der Waals surface area contributed by atoms with Gasteiger partial charge in [-0.1, -0.05) is 39.5 Å². The van der Waals surface area contributed by atoms with Gasteiger partial charge in [-0.15, -0.1) is 0 Å². The van der Waals surface area contributed by atoms with Crippen LogP contribution in [-0.4, -0.2) is 37.6 Å². The highest BCUT2D eigenvalue weighted by atomic mass is 15.1. The van der Waals surface area contributed by atoms with E-state index in [1.807, 2.05) is 0 Å². The molecule has 0 aromatic carbocycles. The number of piperidine rings is 1. The molecule has 0 aliphatic carbocycles. The molecule has 1 heterocycles. The number of nitrogens with zero attached hydrogens (tertiary/aromatic N) is 1. The fraction of sp³-hybridized carbons (Fsp3) is 1.00. The minimum Gasteiger partial charge on any atom is -0.317 e. The third kappa shape index (κ3) is 7.05. The summed E-state index contributed by atoms with van der Waals surface area (Å²) in [5.41, 5.74) is 0. The molecule has 1 fully saturated rings. The van der Waals surface area contributed by atoms with Gasteiger partial charge in [0.2, 0.25) is 0 Å². The van der Waals surface area contributed by atoms with Gasteiger partial charge in [0, 0.05) is 0 Å². The van der Waals surface area contributed by atoms with Crippen LogP contribution in [0.25, 0.3) is 0 Å². The summed E-state index contributed by atoms with van der Waals surface area (Å²) in [7, 11) is 0. The summed E-state index contributed by atoms with van der Waals surface area (Å²) in [5, 5.41) is 3.48. The Labute approximate surface area is 108 Å². The zero-order valence-corrected chi connectivity index (χ0v) is 12.0. The van der Waals surface area contributed by atoms with E-state index in [1.165, 1.54) is 71.1 Å². The summed E-state index contributed by atoms with van der Waals surface area (Å²) < 4.78 is 0. The Morgan fingerprint density at radius 3 is 2.35 bits per heavy atom. The molecule has 0 unspecified atom stereocenters. The number of hydrogen-bond acceptors (Lipinski definition) is 2. The summed E-state index contributed by atoms with van der Waals surface area (Å²) in [4.78, 5) is 2.67. The highest BCUT2D eigenvalue weighted by Crippen LogP contribution is 2.17. The van der Waals surface area contributed by atoms with Crippen LogP contribution in [0.15, 0.2) is 0 Å². The van der Waals surface area contributed by atoms with Crippen molar-refractivity contribution in [3.63, 3.8) is 0 Å². The van der Waals surface area contributed by atoms with E-state index in [9.17, 15) is 0 Å². The topological polar surface area (TPSA) is 15.3 Å². The summed E-state index contributed by atoms with van der Waals surface area (Å²) >= 11 is 0. The van der Waals surface area contributed by atoms with Crippen LogP contribution in [0, 0.1) is 5.92 Å². The molecule has 1 aliphatic heterocycles. The predicted molar refractivity (Wildman–Crippen MR) is 76.5 cm³/mol. The van der Waals surface area contributed by atoms with Gasteiger partial charge in [0.25, 0.3) is 0 Å². The molecule has 0 aromatic rings. The van der Waals surface area contributed by atoms with E-state index in [2.05, 4.69) is 24.1 Å². The number of unbranched alkanes of at least 4 members (excludes halogenated alkanes) is 4. The maximum absolute atomic E-state index is 3.48. The van der Waals surface area contributed by atoms with Crippen LogP contribution in [0.2, 0.25) is 0 Å². The molecule has 102 valence electrons. The van der Waals surface area contributed by atoms with Crippen LogP contribution >= 0.6 is 0 Å². The number of nitrogens with one attached hydrogen (secondary N) is 1. The fourth-order valence-corrected chi connectivity index (χ4v) is 2.70. The second-order valence-electron chi connectivity index (χ2n) is 5.51. The summed E-state index contributed by atoms with van der Waals surface area (Å²) in [6, 6.07) is 0. The van der Waals surface area contributed by atoms with Crippen LogP contribution in [0.5, 0.6) is 0 Å². The van der Waals surface area contributed by atoms with E-state index in [1.54, 1.807) is 0 Å². The quantitative estimate of drug-likeness (QED) is 0.622. The predicted octanol–water partition coefficient (Wildman–Crippen LogP) is 3.28. The Balaban J connectivity index is 1.95. The average Bonchev–Trinajstić information content (AvgIpc) is 2.37. The van der Waals surface area contributed by atoms with Crippen molar-refractivity contribution in [2.45, 2.75) is 58.8 Å². The zero-order valence-electron chi connectivity index (χ0n) is 12.0. The Morgan fingerprint density at radius 2 is 1.71 bits per heavy atom. The Morgan fingerprint density at radius 1 is 1.00 bits per heavy atom. The van der Waals surface area contributed by atoms with E-state index >= 15 is 0 Å². The van der Waals surface area contributed by atoms with Crippen molar-refractivity contribution in [1.82, 2.24) is 10.2 Å². The van der Waals surface area contributed by atoms with Crippen molar-refractivity contribution in [3.05, 3.63) is 0 Å². The minimum absolute atomic E-state index is 0.936. The van der Waals surface area contributed by atoms with Crippen molar-refractivity contribution < 1.29 is 0 Å². The van der Waals surface area contributed by atoms with Gasteiger partial charge in [0.05, 0.1) is 0 Å². The second-order valence-corrected chi connectivity index (χ2v) is 5.51. The molecule has 0 aromatic heterocycles. The standard InChI is InChI=1S/C15H32N2/c1-3-5-6-7-8-11-17-12-9-15(10-13-17)14-16-4-2/h15-16H,3-14H2,1-2H3. The van der Waals surface area contributed by atoms with E-state index < -0.39 is 0 Å². The van der Waals surface area contributed by atoms with Crippen LogP contribution in [0.4, 0.5) is 0 Å². The lowest BCUT2D eigenvalue weighted by molar-refractivity contribution is 0.179. The van der Waals surface area contributed by atoms with Gasteiger partial charge in [-0.05, 0) is 57.9 Å². The highest BCUT2D eigenvalue weighted by Gasteiger charge is 2.17. The van der Waals surface area contributed by atoms with Crippen molar-refractivity contribution in [2.24, 2.45) is 5.92 Å². The van der Waals surface area contributed by atoms with Crippen LogP contribution in [-0.2, 0) is 0 Å². The van der Waals surface area contributed by atoms with Gasteiger partial charge in [-0.3, -0.25) is 0 Å². The van der Waals surface area contributed by atoms with Crippen molar-refractivity contribution >= 4 is 0 Å². The van der Waals surface area contributed by atoms with Crippen molar-refractivity contribution in [2.75, 3.05) is 32.7 Å². The van der Waals surface area contributed by atoms with E-state index in [4.69, 9.17) is 0 Å². The van der Waals surface area contributed by atoms with Crippen LogP contribution in [0.1, 0.15) is 58.8 Å². The van der Waals surface area contributed by atoms with Gasteiger partial charge < -0.3 is 10.2 Å². The Hall–Kier alpha value is -0.0800. The molecule has 0 bridgehead atoms. The molecule has 1 saturated heterocycles. The fourth-order valence-electron chi connectivity index (χ4n) is 2.70. The minimum atomic E-state index is 0.936. The lowest BCUT2D eigenvalue weighted by atomic mass is 9.96. The smallest absolute Gasteiger partial charge is 0.00156 e. The maximum atomic E-state index is 3.48. The molecule has 1 rings (SSSR count). The average molecular weight is 240 g/mol. The van der Waals surface area contributed by atoms with Gasteiger partial charge in [-0.25, -0.2) is 0 Å². The highest BCUT2D eigenvalue weighted by molar-refractivity contribution is 4.73. The second kappa shape index (κ2) is 9.90. The molecule has 2 heteroatoms. The molecular weight excluding hydrogens is 208 g/mol. The third-order valence-corrected chi connectivity index (χ3v) is 3.97.